The molecule has 0 bridgehead atoms. The van der Waals surface area contributed by atoms with Crippen LogP contribution in [-0.2, 0) is 0 Å². The first-order valence-corrected chi connectivity index (χ1v) is 6.80. The lowest BCUT2D eigenvalue weighted by Crippen LogP contribution is -2.29. The van der Waals surface area contributed by atoms with Crippen molar-refractivity contribution in [3.8, 4) is 0 Å². The van der Waals surface area contributed by atoms with Crippen LogP contribution in [0.3, 0.4) is 0 Å². The molecule has 0 aromatic carbocycles. The van der Waals surface area contributed by atoms with Crippen LogP contribution in [0.4, 0.5) is 0 Å². The molecule has 1 atom stereocenters. The Bertz CT molecular complexity index is 572. The van der Waals surface area contributed by atoms with Gasteiger partial charge in [0.2, 0.25) is 0 Å². The second-order valence-electron chi connectivity index (χ2n) is 5.07. The summed E-state index contributed by atoms with van der Waals surface area (Å²) in [5.41, 5.74) is 1.14. The quantitative estimate of drug-likeness (QED) is 0.879. The van der Waals surface area contributed by atoms with Gasteiger partial charge in [0.15, 0.2) is 5.76 Å². The Morgan fingerprint density at radius 3 is 2.80 bits per heavy atom. The molecular formula is C14H20N4O2. The van der Waals surface area contributed by atoms with Crippen molar-refractivity contribution in [1.29, 1.82) is 0 Å². The van der Waals surface area contributed by atoms with Gasteiger partial charge in [-0.2, -0.15) is 0 Å². The fourth-order valence-electron chi connectivity index (χ4n) is 2.12. The molecule has 2 aromatic heterocycles. The summed E-state index contributed by atoms with van der Waals surface area (Å²) in [6.07, 6.45) is 4.17. The molecular weight excluding hydrogens is 256 g/mol. The molecule has 0 aliphatic carbocycles. The first-order chi connectivity index (χ1) is 9.54. The summed E-state index contributed by atoms with van der Waals surface area (Å²) >= 11 is 0. The molecule has 0 spiro atoms. The van der Waals surface area contributed by atoms with Crippen LogP contribution in [0.1, 0.15) is 66.8 Å². The van der Waals surface area contributed by atoms with Crippen LogP contribution in [0, 0.1) is 6.92 Å². The number of carbonyl (C=O) groups excluding carboxylic acids is 1. The molecule has 0 aliphatic rings. The minimum atomic E-state index is -0.171. The third kappa shape index (κ3) is 2.74. The third-order valence-electron chi connectivity index (χ3n) is 3.20. The van der Waals surface area contributed by atoms with E-state index in [1.54, 1.807) is 19.3 Å². The third-order valence-corrected chi connectivity index (χ3v) is 3.20. The van der Waals surface area contributed by atoms with Crippen molar-refractivity contribution in [2.45, 2.75) is 46.1 Å². The van der Waals surface area contributed by atoms with Gasteiger partial charge in [0.1, 0.15) is 11.4 Å². The number of imidazole rings is 1. The monoisotopic (exact) mass is 276 g/mol. The van der Waals surface area contributed by atoms with Crippen molar-refractivity contribution < 1.29 is 9.32 Å². The number of amides is 1. The van der Waals surface area contributed by atoms with Gasteiger partial charge in [-0.15, -0.1) is 0 Å². The van der Waals surface area contributed by atoms with E-state index in [1.807, 2.05) is 20.8 Å². The lowest BCUT2D eigenvalue weighted by molar-refractivity contribution is 0.0930. The van der Waals surface area contributed by atoms with Crippen molar-refractivity contribution in [2.24, 2.45) is 0 Å². The maximum atomic E-state index is 12.5. The van der Waals surface area contributed by atoms with Crippen molar-refractivity contribution in [3.05, 3.63) is 35.2 Å². The number of rotatable bonds is 5. The molecule has 0 saturated heterocycles. The molecule has 2 rings (SSSR count). The van der Waals surface area contributed by atoms with Gasteiger partial charge in [-0.05, 0) is 13.3 Å². The summed E-state index contributed by atoms with van der Waals surface area (Å²) in [5, 5.41) is 6.87. The van der Waals surface area contributed by atoms with Crippen LogP contribution < -0.4 is 5.32 Å². The molecule has 6 heteroatoms. The molecule has 0 aliphatic heterocycles. The van der Waals surface area contributed by atoms with Gasteiger partial charge in [0.25, 0.3) is 5.91 Å². The number of hydrogen-bond acceptors (Lipinski definition) is 4. The number of nitrogens with one attached hydrogen (secondary N) is 2. The first-order valence-electron chi connectivity index (χ1n) is 6.80. The van der Waals surface area contributed by atoms with E-state index in [0.717, 1.165) is 12.2 Å². The number of aryl methyl sites for hydroxylation is 1. The molecule has 2 aromatic rings. The average Bonchev–Trinajstić information content (AvgIpc) is 3.04. The van der Waals surface area contributed by atoms with Crippen molar-refractivity contribution >= 4 is 5.91 Å². The number of nitrogens with zero attached hydrogens (tertiary/aromatic N) is 2. The maximum Gasteiger partial charge on any atom is 0.257 e. The second kappa shape index (κ2) is 5.90. The number of aromatic nitrogens is 3. The van der Waals surface area contributed by atoms with E-state index >= 15 is 0 Å². The molecule has 0 radical (unpaired) electrons. The van der Waals surface area contributed by atoms with Crippen LogP contribution >= 0.6 is 0 Å². The second-order valence-corrected chi connectivity index (χ2v) is 5.07. The summed E-state index contributed by atoms with van der Waals surface area (Å²) in [7, 11) is 0. The predicted octanol–water partition coefficient (Wildman–Crippen LogP) is 2.71. The highest BCUT2D eigenvalue weighted by molar-refractivity contribution is 5.96. The summed E-state index contributed by atoms with van der Waals surface area (Å²) < 4.78 is 5.25. The highest BCUT2D eigenvalue weighted by Gasteiger charge is 2.25. The van der Waals surface area contributed by atoms with Crippen LogP contribution in [0.15, 0.2) is 16.9 Å². The Hall–Kier alpha value is -2.11. The molecule has 0 saturated carbocycles. The Morgan fingerprint density at radius 2 is 2.25 bits per heavy atom. The Balaban J connectivity index is 2.22. The number of H-pyrrole nitrogens is 1. The van der Waals surface area contributed by atoms with E-state index in [1.165, 1.54) is 0 Å². The van der Waals surface area contributed by atoms with Gasteiger partial charge < -0.3 is 14.8 Å². The predicted molar refractivity (Wildman–Crippen MR) is 74.4 cm³/mol. The normalized spacial score (nSPS) is 12.7. The fraction of sp³-hybridized carbons (Fsp3) is 0.500. The van der Waals surface area contributed by atoms with E-state index < -0.39 is 0 Å². The molecule has 20 heavy (non-hydrogen) atoms. The zero-order valence-corrected chi connectivity index (χ0v) is 12.2. The minimum Gasteiger partial charge on any atom is -0.360 e. The number of carbonyl (C=O) groups is 1. The SMILES string of the molecule is CCC(NC(=O)c1c(C)noc1C(C)C)c1ncc[nH]1. The minimum absolute atomic E-state index is 0.112. The molecule has 1 amide bonds. The van der Waals surface area contributed by atoms with Crippen LogP contribution in [0.5, 0.6) is 0 Å². The van der Waals surface area contributed by atoms with Gasteiger partial charge in [-0.3, -0.25) is 4.79 Å². The number of hydrogen-bond donors (Lipinski definition) is 2. The summed E-state index contributed by atoms with van der Waals surface area (Å²) in [5.74, 6) is 1.31. The Kier molecular flexibility index (Phi) is 4.22. The molecule has 2 heterocycles. The average molecular weight is 276 g/mol. The topological polar surface area (TPSA) is 83.8 Å². The standard InChI is InChI=1S/C14H20N4O2/c1-5-10(13-15-6-7-16-13)17-14(19)11-9(4)18-20-12(11)8(2)3/h6-8,10H,5H2,1-4H3,(H,15,16)(H,17,19). The van der Waals surface area contributed by atoms with E-state index in [9.17, 15) is 4.79 Å². The summed E-state index contributed by atoms with van der Waals surface area (Å²) in [6, 6.07) is -0.146. The smallest absolute Gasteiger partial charge is 0.257 e. The highest BCUT2D eigenvalue weighted by atomic mass is 16.5. The zero-order valence-electron chi connectivity index (χ0n) is 12.2. The lowest BCUT2D eigenvalue weighted by atomic mass is 10.0. The Labute approximate surface area is 118 Å². The lowest BCUT2D eigenvalue weighted by Gasteiger charge is -2.15. The molecule has 1 unspecified atom stereocenters. The first kappa shape index (κ1) is 14.3. The van der Waals surface area contributed by atoms with E-state index in [2.05, 4.69) is 20.4 Å². The molecule has 6 nitrogen and oxygen atoms in total. The van der Waals surface area contributed by atoms with Gasteiger partial charge >= 0.3 is 0 Å². The largest absolute Gasteiger partial charge is 0.360 e. The van der Waals surface area contributed by atoms with Crippen molar-refractivity contribution in [1.82, 2.24) is 20.4 Å². The van der Waals surface area contributed by atoms with E-state index in [-0.39, 0.29) is 17.9 Å². The maximum absolute atomic E-state index is 12.5. The van der Waals surface area contributed by atoms with Crippen molar-refractivity contribution in [3.63, 3.8) is 0 Å². The molecule has 2 N–H and O–H groups in total. The van der Waals surface area contributed by atoms with Crippen LogP contribution in [-0.4, -0.2) is 21.0 Å². The van der Waals surface area contributed by atoms with E-state index in [0.29, 0.717) is 17.0 Å². The van der Waals surface area contributed by atoms with Crippen LogP contribution in [0.2, 0.25) is 0 Å². The van der Waals surface area contributed by atoms with Crippen molar-refractivity contribution in [2.75, 3.05) is 0 Å². The highest BCUT2D eigenvalue weighted by Crippen LogP contribution is 2.23. The van der Waals surface area contributed by atoms with Crippen LogP contribution in [0.25, 0.3) is 0 Å². The Morgan fingerprint density at radius 1 is 1.50 bits per heavy atom. The van der Waals surface area contributed by atoms with Gasteiger partial charge in [0.05, 0.1) is 11.7 Å². The van der Waals surface area contributed by atoms with Gasteiger partial charge in [0, 0.05) is 18.3 Å². The molecule has 0 fully saturated rings. The molecule has 108 valence electrons. The van der Waals surface area contributed by atoms with Gasteiger partial charge in [-0.25, -0.2) is 4.98 Å². The fourth-order valence-corrected chi connectivity index (χ4v) is 2.12. The summed E-state index contributed by atoms with van der Waals surface area (Å²) in [4.78, 5) is 19.7. The summed E-state index contributed by atoms with van der Waals surface area (Å²) in [6.45, 7) is 7.72. The van der Waals surface area contributed by atoms with E-state index in [4.69, 9.17) is 4.52 Å². The zero-order chi connectivity index (χ0) is 14.7. The van der Waals surface area contributed by atoms with Gasteiger partial charge in [-0.1, -0.05) is 25.9 Å². The number of aromatic amines is 1.